The Hall–Kier alpha value is -2.74. The van der Waals surface area contributed by atoms with E-state index in [0.717, 1.165) is 23.4 Å². The number of aliphatic imine (C=N–C) groups is 1. The van der Waals surface area contributed by atoms with Gasteiger partial charge < -0.3 is 20.1 Å². The van der Waals surface area contributed by atoms with Crippen LogP contribution in [0.5, 0.6) is 5.75 Å². The number of nitrogens with one attached hydrogen (secondary N) is 2. The van der Waals surface area contributed by atoms with Crippen LogP contribution in [0, 0.1) is 0 Å². The number of methoxy groups -OCH3 is 1. The largest absolute Gasteiger partial charge is 0.497 e. The van der Waals surface area contributed by atoms with Crippen molar-refractivity contribution >= 4 is 5.96 Å². The second-order valence-electron chi connectivity index (χ2n) is 6.32. The Labute approximate surface area is 168 Å². The summed E-state index contributed by atoms with van der Waals surface area (Å²) in [4.78, 5) is 4.56. The van der Waals surface area contributed by atoms with Crippen molar-refractivity contribution in [3.63, 3.8) is 0 Å². The van der Waals surface area contributed by atoms with E-state index in [1.54, 1.807) is 19.2 Å². The number of halogens is 3. The summed E-state index contributed by atoms with van der Waals surface area (Å²) in [6, 6.07) is 14.9. The molecule has 0 fully saturated rings. The summed E-state index contributed by atoms with van der Waals surface area (Å²) in [7, 11) is 1.63. The van der Waals surface area contributed by atoms with Crippen LogP contribution in [-0.4, -0.2) is 32.4 Å². The van der Waals surface area contributed by atoms with Crippen molar-refractivity contribution in [2.75, 3.05) is 20.3 Å². The minimum absolute atomic E-state index is 0.0703. The van der Waals surface area contributed by atoms with Crippen molar-refractivity contribution in [3.8, 4) is 5.75 Å². The first-order chi connectivity index (χ1) is 13.9. The lowest BCUT2D eigenvalue weighted by molar-refractivity contribution is -0.176. The molecule has 0 spiro atoms. The Morgan fingerprint density at radius 3 is 2.14 bits per heavy atom. The summed E-state index contributed by atoms with van der Waals surface area (Å²) in [6.07, 6.45) is -4.31. The molecule has 5 nitrogen and oxygen atoms in total. The molecular weight excluding hydrogens is 383 g/mol. The summed E-state index contributed by atoms with van der Waals surface area (Å²) in [5.74, 6) is 1.48. The average Bonchev–Trinajstić information content (AvgIpc) is 2.70. The molecule has 0 amide bonds. The Bertz CT molecular complexity index is 760. The SMILES string of the molecule is CCNC(=NCc1ccc(OC)cc1)NCc1ccc(COCC(F)(F)F)cc1. The van der Waals surface area contributed by atoms with Gasteiger partial charge in [0, 0.05) is 13.1 Å². The fourth-order valence-electron chi connectivity index (χ4n) is 2.47. The summed E-state index contributed by atoms with van der Waals surface area (Å²) >= 11 is 0. The first kappa shape index (κ1) is 22.5. The van der Waals surface area contributed by atoms with Crippen LogP contribution < -0.4 is 15.4 Å². The fourth-order valence-corrected chi connectivity index (χ4v) is 2.47. The maximum Gasteiger partial charge on any atom is 0.411 e. The van der Waals surface area contributed by atoms with Crippen molar-refractivity contribution in [2.24, 2.45) is 4.99 Å². The molecule has 0 aliphatic carbocycles. The minimum atomic E-state index is -4.31. The van der Waals surface area contributed by atoms with Crippen LogP contribution in [0.3, 0.4) is 0 Å². The Kier molecular flexibility index (Phi) is 8.79. The molecule has 0 unspecified atom stereocenters. The molecule has 0 aromatic heterocycles. The second kappa shape index (κ2) is 11.3. The molecule has 0 saturated heterocycles. The number of benzene rings is 2. The lowest BCUT2D eigenvalue weighted by Gasteiger charge is -2.12. The molecule has 158 valence electrons. The van der Waals surface area contributed by atoms with Gasteiger partial charge in [0.05, 0.1) is 20.3 Å². The Balaban J connectivity index is 1.85. The highest BCUT2D eigenvalue weighted by atomic mass is 19.4. The maximum absolute atomic E-state index is 12.1. The standard InChI is InChI=1S/C21H26F3N3O2/c1-3-25-20(27-13-17-8-10-19(28-2)11-9-17)26-12-16-4-6-18(7-5-16)14-29-15-21(22,23)24/h4-11H,3,12-15H2,1-2H3,(H2,25,26,27). The first-order valence-electron chi connectivity index (χ1n) is 9.27. The molecule has 29 heavy (non-hydrogen) atoms. The third kappa shape index (κ3) is 8.87. The van der Waals surface area contributed by atoms with Crippen molar-refractivity contribution < 1.29 is 22.6 Å². The highest BCUT2D eigenvalue weighted by molar-refractivity contribution is 5.79. The van der Waals surface area contributed by atoms with Gasteiger partial charge in [-0.15, -0.1) is 0 Å². The van der Waals surface area contributed by atoms with Gasteiger partial charge in [0.25, 0.3) is 0 Å². The number of hydrogen-bond acceptors (Lipinski definition) is 3. The number of rotatable bonds is 9. The van der Waals surface area contributed by atoms with Gasteiger partial charge in [-0.05, 0) is 35.7 Å². The normalized spacial score (nSPS) is 12.0. The van der Waals surface area contributed by atoms with E-state index in [-0.39, 0.29) is 6.61 Å². The van der Waals surface area contributed by atoms with E-state index in [1.807, 2.05) is 43.3 Å². The third-order valence-corrected chi connectivity index (χ3v) is 3.94. The van der Waals surface area contributed by atoms with Crippen molar-refractivity contribution in [1.82, 2.24) is 10.6 Å². The van der Waals surface area contributed by atoms with Crippen molar-refractivity contribution in [2.45, 2.75) is 32.8 Å². The van der Waals surface area contributed by atoms with E-state index in [2.05, 4.69) is 20.4 Å². The van der Waals surface area contributed by atoms with Gasteiger partial charge in [-0.3, -0.25) is 0 Å². The molecule has 0 saturated carbocycles. The van der Waals surface area contributed by atoms with Gasteiger partial charge in [-0.1, -0.05) is 36.4 Å². The molecular formula is C21H26F3N3O2. The first-order valence-corrected chi connectivity index (χ1v) is 9.27. The topological polar surface area (TPSA) is 54.9 Å². The van der Waals surface area contributed by atoms with E-state index in [4.69, 9.17) is 4.74 Å². The van der Waals surface area contributed by atoms with Crippen LogP contribution >= 0.6 is 0 Å². The third-order valence-electron chi connectivity index (χ3n) is 3.94. The molecule has 8 heteroatoms. The average molecular weight is 409 g/mol. The van der Waals surface area contributed by atoms with Crippen LogP contribution in [-0.2, 0) is 24.4 Å². The number of guanidine groups is 1. The molecule has 2 aromatic rings. The molecule has 0 atom stereocenters. The number of hydrogen-bond donors (Lipinski definition) is 2. The number of nitrogens with zero attached hydrogens (tertiary/aromatic N) is 1. The molecule has 0 aliphatic heterocycles. The van der Waals surface area contributed by atoms with Crippen molar-refractivity contribution in [3.05, 3.63) is 65.2 Å². The summed E-state index contributed by atoms with van der Waals surface area (Å²) in [5.41, 5.74) is 2.74. The van der Waals surface area contributed by atoms with Crippen LogP contribution in [0.1, 0.15) is 23.6 Å². The van der Waals surface area contributed by atoms with Crippen LogP contribution in [0.15, 0.2) is 53.5 Å². The monoisotopic (exact) mass is 409 g/mol. The second-order valence-corrected chi connectivity index (χ2v) is 6.32. The number of ether oxygens (including phenoxy) is 2. The Morgan fingerprint density at radius 2 is 1.55 bits per heavy atom. The van der Waals surface area contributed by atoms with Gasteiger partial charge >= 0.3 is 6.18 Å². The predicted octanol–water partition coefficient (Wildman–Crippen LogP) is 4.03. The molecule has 0 bridgehead atoms. The van der Waals surface area contributed by atoms with Gasteiger partial charge in [-0.25, -0.2) is 4.99 Å². The molecule has 2 N–H and O–H groups in total. The van der Waals surface area contributed by atoms with Gasteiger partial charge in [0.1, 0.15) is 12.4 Å². The lowest BCUT2D eigenvalue weighted by Crippen LogP contribution is -2.36. The zero-order valence-electron chi connectivity index (χ0n) is 16.6. The van der Waals surface area contributed by atoms with Gasteiger partial charge in [-0.2, -0.15) is 13.2 Å². The van der Waals surface area contributed by atoms with E-state index in [1.165, 1.54) is 0 Å². The zero-order chi connectivity index (χ0) is 21.1. The summed E-state index contributed by atoms with van der Waals surface area (Å²) in [6.45, 7) is 2.46. The smallest absolute Gasteiger partial charge is 0.411 e. The highest BCUT2D eigenvalue weighted by Crippen LogP contribution is 2.16. The van der Waals surface area contributed by atoms with E-state index < -0.39 is 12.8 Å². The maximum atomic E-state index is 12.1. The van der Waals surface area contributed by atoms with Gasteiger partial charge in [0.15, 0.2) is 5.96 Å². The molecule has 2 rings (SSSR count). The minimum Gasteiger partial charge on any atom is -0.497 e. The molecule has 0 heterocycles. The fraction of sp³-hybridized carbons (Fsp3) is 0.381. The summed E-state index contributed by atoms with van der Waals surface area (Å²) < 4.78 is 46.1. The molecule has 2 aromatic carbocycles. The van der Waals surface area contributed by atoms with Crippen molar-refractivity contribution in [1.29, 1.82) is 0 Å². The van der Waals surface area contributed by atoms with Crippen LogP contribution in [0.2, 0.25) is 0 Å². The Morgan fingerprint density at radius 1 is 0.931 bits per heavy atom. The van der Waals surface area contributed by atoms with Gasteiger partial charge in [0.2, 0.25) is 0 Å². The molecule has 0 radical (unpaired) electrons. The van der Waals surface area contributed by atoms with E-state index in [0.29, 0.717) is 24.6 Å². The lowest BCUT2D eigenvalue weighted by atomic mass is 10.1. The molecule has 0 aliphatic rings. The summed E-state index contributed by atoms with van der Waals surface area (Å²) in [5, 5.41) is 6.43. The van der Waals surface area contributed by atoms with Crippen LogP contribution in [0.25, 0.3) is 0 Å². The van der Waals surface area contributed by atoms with Crippen LogP contribution in [0.4, 0.5) is 13.2 Å². The quantitative estimate of drug-likeness (QED) is 0.485. The predicted molar refractivity (Wildman–Crippen MR) is 107 cm³/mol. The van der Waals surface area contributed by atoms with E-state index in [9.17, 15) is 13.2 Å². The number of alkyl halides is 3. The van der Waals surface area contributed by atoms with E-state index >= 15 is 0 Å². The highest BCUT2D eigenvalue weighted by Gasteiger charge is 2.27. The zero-order valence-corrected chi connectivity index (χ0v) is 16.6.